The summed E-state index contributed by atoms with van der Waals surface area (Å²) in [6, 6.07) is 24.6. The Hall–Kier alpha value is -2.54. The summed E-state index contributed by atoms with van der Waals surface area (Å²) >= 11 is 0. The van der Waals surface area contributed by atoms with Crippen LogP contribution in [0, 0.1) is 0 Å². The lowest BCUT2D eigenvalue weighted by Gasteiger charge is -2.13. The van der Waals surface area contributed by atoms with Crippen molar-refractivity contribution in [3.63, 3.8) is 0 Å². The van der Waals surface area contributed by atoms with Crippen molar-refractivity contribution in [2.24, 2.45) is 0 Å². The minimum Gasteiger partial charge on any atom is -0.507 e. The summed E-state index contributed by atoms with van der Waals surface area (Å²) < 4.78 is 0. The molecule has 1 heteroatoms. The summed E-state index contributed by atoms with van der Waals surface area (Å²) in [5.74, 6) is 0.335. The van der Waals surface area contributed by atoms with Crippen LogP contribution in [0.15, 0.2) is 72.8 Å². The van der Waals surface area contributed by atoms with Crippen molar-refractivity contribution < 1.29 is 5.11 Å². The molecule has 0 spiro atoms. The van der Waals surface area contributed by atoms with Gasteiger partial charge in [-0.25, -0.2) is 0 Å². The van der Waals surface area contributed by atoms with Crippen LogP contribution in [-0.2, 0) is 6.42 Å². The molecule has 0 aliphatic heterocycles. The molecule has 0 heterocycles. The number of rotatable bonds is 5. The molecule has 0 saturated heterocycles. The van der Waals surface area contributed by atoms with Gasteiger partial charge in [-0.15, -0.1) is 0 Å². The molecule has 1 nitrogen and oxygen atoms in total. The van der Waals surface area contributed by atoms with Crippen LogP contribution >= 0.6 is 0 Å². The van der Waals surface area contributed by atoms with Gasteiger partial charge in [0.2, 0.25) is 0 Å². The van der Waals surface area contributed by atoms with Crippen LogP contribution in [-0.4, -0.2) is 5.11 Å². The van der Waals surface area contributed by atoms with E-state index >= 15 is 0 Å². The monoisotopic (exact) mass is 302 g/mol. The first-order chi connectivity index (χ1) is 11.3. The van der Waals surface area contributed by atoms with Crippen LogP contribution in [0.4, 0.5) is 0 Å². The predicted molar refractivity (Wildman–Crippen MR) is 97.6 cm³/mol. The molecule has 23 heavy (non-hydrogen) atoms. The van der Waals surface area contributed by atoms with Crippen LogP contribution in [0.5, 0.6) is 5.75 Å². The highest BCUT2D eigenvalue weighted by Crippen LogP contribution is 2.33. The maximum Gasteiger partial charge on any atom is 0.123 e. The van der Waals surface area contributed by atoms with Crippen molar-refractivity contribution in [1.29, 1.82) is 0 Å². The Balaban J connectivity index is 2.07. The summed E-state index contributed by atoms with van der Waals surface area (Å²) in [4.78, 5) is 0. The SMILES string of the molecule is CCCCc1cc(-c2ccccc2O)ccc1-c1ccccc1. The van der Waals surface area contributed by atoms with Gasteiger partial charge >= 0.3 is 0 Å². The van der Waals surface area contributed by atoms with Crippen LogP contribution in [0.25, 0.3) is 22.3 Å². The molecule has 0 saturated carbocycles. The fraction of sp³-hybridized carbons (Fsp3) is 0.182. The maximum absolute atomic E-state index is 10.1. The Bertz CT molecular complexity index is 775. The van der Waals surface area contributed by atoms with Gasteiger partial charge in [-0.05, 0) is 41.2 Å². The molecule has 3 aromatic rings. The molecular weight excluding hydrogens is 280 g/mol. The summed E-state index contributed by atoms with van der Waals surface area (Å²) in [7, 11) is 0. The third-order valence-electron chi connectivity index (χ3n) is 4.20. The van der Waals surface area contributed by atoms with Gasteiger partial charge in [-0.3, -0.25) is 0 Å². The van der Waals surface area contributed by atoms with Gasteiger partial charge in [0, 0.05) is 5.56 Å². The standard InChI is InChI=1S/C22H22O/c1-2-3-9-18-16-19(21-12-7-8-13-22(21)23)14-15-20(18)17-10-5-4-6-11-17/h4-8,10-16,23H,2-3,9H2,1H3. The Kier molecular flexibility index (Phi) is 4.77. The first kappa shape index (κ1) is 15.4. The number of hydrogen-bond acceptors (Lipinski definition) is 1. The largest absolute Gasteiger partial charge is 0.507 e. The topological polar surface area (TPSA) is 20.2 Å². The number of phenols is 1. The average Bonchev–Trinajstić information content (AvgIpc) is 2.61. The van der Waals surface area contributed by atoms with Crippen molar-refractivity contribution in [1.82, 2.24) is 0 Å². The Morgan fingerprint density at radius 2 is 1.48 bits per heavy atom. The van der Waals surface area contributed by atoms with E-state index in [0.717, 1.165) is 17.5 Å². The van der Waals surface area contributed by atoms with E-state index in [9.17, 15) is 5.11 Å². The van der Waals surface area contributed by atoms with E-state index in [1.54, 1.807) is 6.07 Å². The van der Waals surface area contributed by atoms with Gasteiger partial charge in [0.05, 0.1) is 0 Å². The Labute approximate surface area is 138 Å². The summed E-state index contributed by atoms with van der Waals surface area (Å²) in [5, 5.41) is 10.1. The van der Waals surface area contributed by atoms with Crippen molar-refractivity contribution in [2.75, 3.05) is 0 Å². The number of aryl methyl sites for hydroxylation is 1. The highest BCUT2D eigenvalue weighted by atomic mass is 16.3. The number of aromatic hydroxyl groups is 1. The Morgan fingerprint density at radius 1 is 0.739 bits per heavy atom. The lowest BCUT2D eigenvalue weighted by atomic mass is 9.92. The molecule has 3 rings (SSSR count). The third kappa shape index (κ3) is 3.45. The first-order valence-electron chi connectivity index (χ1n) is 8.26. The summed E-state index contributed by atoms with van der Waals surface area (Å²) in [5.41, 5.74) is 5.86. The zero-order chi connectivity index (χ0) is 16.1. The van der Waals surface area contributed by atoms with Gasteiger partial charge in [0.15, 0.2) is 0 Å². The van der Waals surface area contributed by atoms with E-state index in [4.69, 9.17) is 0 Å². The second-order valence-corrected chi connectivity index (χ2v) is 5.86. The molecular formula is C22H22O. The second kappa shape index (κ2) is 7.15. The highest BCUT2D eigenvalue weighted by molar-refractivity contribution is 5.76. The fourth-order valence-electron chi connectivity index (χ4n) is 2.95. The van der Waals surface area contributed by atoms with Gasteiger partial charge in [-0.1, -0.05) is 80.1 Å². The minimum atomic E-state index is 0.335. The first-order valence-corrected chi connectivity index (χ1v) is 8.26. The maximum atomic E-state index is 10.1. The van der Waals surface area contributed by atoms with E-state index < -0.39 is 0 Å². The molecule has 0 aliphatic carbocycles. The summed E-state index contributed by atoms with van der Waals surface area (Å²) in [6.07, 6.45) is 3.40. The van der Waals surface area contributed by atoms with E-state index in [-0.39, 0.29) is 0 Å². The van der Waals surface area contributed by atoms with Gasteiger partial charge in [0.1, 0.15) is 5.75 Å². The second-order valence-electron chi connectivity index (χ2n) is 5.86. The fourth-order valence-corrected chi connectivity index (χ4v) is 2.95. The van der Waals surface area contributed by atoms with Gasteiger partial charge in [-0.2, -0.15) is 0 Å². The van der Waals surface area contributed by atoms with Crippen molar-refractivity contribution in [3.05, 3.63) is 78.4 Å². The number of benzene rings is 3. The number of phenolic OH excluding ortho intramolecular Hbond substituents is 1. The van der Waals surface area contributed by atoms with Gasteiger partial charge in [0.25, 0.3) is 0 Å². The highest BCUT2D eigenvalue weighted by Gasteiger charge is 2.09. The van der Waals surface area contributed by atoms with Crippen LogP contribution < -0.4 is 0 Å². The lowest BCUT2D eigenvalue weighted by molar-refractivity contribution is 0.477. The summed E-state index contributed by atoms with van der Waals surface area (Å²) in [6.45, 7) is 2.22. The van der Waals surface area contributed by atoms with Crippen molar-refractivity contribution in [3.8, 4) is 28.0 Å². The quantitative estimate of drug-likeness (QED) is 0.606. The molecule has 1 N–H and O–H groups in total. The van der Waals surface area contributed by atoms with Crippen molar-refractivity contribution in [2.45, 2.75) is 26.2 Å². The average molecular weight is 302 g/mol. The molecule has 3 aromatic carbocycles. The van der Waals surface area contributed by atoms with Gasteiger partial charge < -0.3 is 5.11 Å². The van der Waals surface area contributed by atoms with E-state index in [2.05, 4.69) is 49.4 Å². The molecule has 0 amide bonds. The number of hydrogen-bond donors (Lipinski definition) is 1. The molecule has 0 radical (unpaired) electrons. The Morgan fingerprint density at radius 3 is 2.22 bits per heavy atom. The van der Waals surface area contributed by atoms with E-state index in [0.29, 0.717) is 5.75 Å². The zero-order valence-electron chi connectivity index (χ0n) is 13.5. The van der Waals surface area contributed by atoms with E-state index in [1.165, 1.54) is 29.5 Å². The van der Waals surface area contributed by atoms with Crippen molar-refractivity contribution >= 4 is 0 Å². The zero-order valence-corrected chi connectivity index (χ0v) is 13.5. The van der Waals surface area contributed by atoms with Crippen LogP contribution in [0.2, 0.25) is 0 Å². The lowest BCUT2D eigenvalue weighted by Crippen LogP contribution is -1.92. The normalized spacial score (nSPS) is 10.7. The number of para-hydroxylation sites is 1. The molecule has 0 atom stereocenters. The minimum absolute atomic E-state index is 0.335. The third-order valence-corrected chi connectivity index (χ3v) is 4.20. The smallest absolute Gasteiger partial charge is 0.123 e. The molecule has 116 valence electrons. The molecule has 0 unspecified atom stereocenters. The molecule has 0 aliphatic rings. The molecule has 0 aromatic heterocycles. The molecule has 0 bridgehead atoms. The number of unbranched alkanes of at least 4 members (excludes halogenated alkanes) is 1. The van der Waals surface area contributed by atoms with E-state index in [1.807, 2.05) is 24.3 Å². The molecule has 0 fully saturated rings. The van der Waals surface area contributed by atoms with Crippen LogP contribution in [0.3, 0.4) is 0 Å². The predicted octanol–water partition coefficient (Wildman–Crippen LogP) is 6.07. The van der Waals surface area contributed by atoms with Crippen LogP contribution in [0.1, 0.15) is 25.3 Å².